The number of aryl methyl sites for hydroxylation is 1. The van der Waals surface area contributed by atoms with Crippen LogP contribution < -0.4 is 5.32 Å². The molecule has 0 fully saturated rings. The van der Waals surface area contributed by atoms with Crippen LogP contribution >= 0.6 is 23.2 Å². The van der Waals surface area contributed by atoms with E-state index in [1.165, 1.54) is 0 Å². The second-order valence-electron chi connectivity index (χ2n) is 7.10. The number of hydrogen-bond donors (Lipinski definition) is 1. The van der Waals surface area contributed by atoms with Gasteiger partial charge in [-0.3, -0.25) is 9.59 Å². The highest BCUT2D eigenvalue weighted by atomic mass is 35.5. The number of hydrogen-bond acceptors (Lipinski definition) is 2. The third-order valence-corrected chi connectivity index (χ3v) is 5.47. The van der Waals surface area contributed by atoms with Gasteiger partial charge >= 0.3 is 0 Å². The molecule has 0 aliphatic carbocycles. The predicted molar refractivity (Wildman–Crippen MR) is 119 cm³/mol. The average molecular weight is 435 g/mol. The highest BCUT2D eigenvalue weighted by molar-refractivity contribution is 6.36. The van der Waals surface area contributed by atoms with Gasteiger partial charge in [0.1, 0.15) is 6.04 Å². The number of carbonyl (C=O) groups is 2. The summed E-state index contributed by atoms with van der Waals surface area (Å²) in [6.07, 6.45) is 1.40. The molecular weight excluding hydrogens is 407 g/mol. The van der Waals surface area contributed by atoms with Crippen molar-refractivity contribution < 1.29 is 9.59 Å². The van der Waals surface area contributed by atoms with Crippen LogP contribution in [0.3, 0.4) is 0 Å². The van der Waals surface area contributed by atoms with Gasteiger partial charge in [-0.15, -0.1) is 0 Å². The Bertz CT molecular complexity index is 834. The number of nitrogens with zero attached hydrogens (tertiary/aromatic N) is 1. The molecule has 2 rings (SSSR count). The maximum atomic E-state index is 13.3. The van der Waals surface area contributed by atoms with Gasteiger partial charge in [-0.25, -0.2) is 0 Å². The van der Waals surface area contributed by atoms with Crippen molar-refractivity contribution in [2.24, 2.45) is 0 Å². The first-order chi connectivity index (χ1) is 13.9. The van der Waals surface area contributed by atoms with Gasteiger partial charge in [0.2, 0.25) is 11.8 Å². The third kappa shape index (κ3) is 6.48. The molecule has 1 atom stereocenters. The van der Waals surface area contributed by atoms with Gasteiger partial charge < -0.3 is 10.2 Å². The molecule has 0 aliphatic rings. The third-order valence-electron chi connectivity index (χ3n) is 4.76. The van der Waals surface area contributed by atoms with E-state index in [2.05, 4.69) is 5.32 Å². The number of amides is 2. The van der Waals surface area contributed by atoms with Gasteiger partial charge in [0, 0.05) is 23.1 Å². The Balaban J connectivity index is 2.33. The van der Waals surface area contributed by atoms with Gasteiger partial charge in [0.05, 0.1) is 6.42 Å². The van der Waals surface area contributed by atoms with E-state index in [0.717, 1.165) is 17.5 Å². The van der Waals surface area contributed by atoms with Crippen LogP contribution in [0.15, 0.2) is 42.5 Å². The Morgan fingerprint density at radius 2 is 1.72 bits per heavy atom. The fourth-order valence-electron chi connectivity index (χ4n) is 3.25. The molecule has 0 aromatic heterocycles. The molecule has 0 saturated heterocycles. The zero-order chi connectivity index (χ0) is 21.4. The van der Waals surface area contributed by atoms with Crippen LogP contribution in [0.1, 0.15) is 43.4 Å². The van der Waals surface area contributed by atoms with Crippen LogP contribution in [0.5, 0.6) is 0 Å². The van der Waals surface area contributed by atoms with Crippen LogP contribution in [0.4, 0.5) is 0 Å². The van der Waals surface area contributed by atoms with Crippen molar-refractivity contribution in [3.05, 3.63) is 69.2 Å². The number of rotatable bonds is 9. The molecule has 0 spiro atoms. The molecule has 0 bridgehead atoms. The van der Waals surface area contributed by atoms with Crippen molar-refractivity contribution in [1.82, 2.24) is 10.2 Å². The summed E-state index contributed by atoms with van der Waals surface area (Å²) in [6.45, 7) is 6.84. The van der Waals surface area contributed by atoms with Crippen molar-refractivity contribution in [3.63, 3.8) is 0 Å². The molecule has 29 heavy (non-hydrogen) atoms. The molecule has 0 aliphatic heterocycles. The SMILES string of the molecule is CCCNC(=O)C(CC)N(Cc1cccc(C)c1)C(=O)Cc1c(Cl)cccc1Cl. The Morgan fingerprint density at radius 3 is 2.31 bits per heavy atom. The number of benzene rings is 2. The fraction of sp³-hybridized carbons (Fsp3) is 0.391. The van der Waals surface area contributed by atoms with Crippen LogP contribution in [-0.4, -0.2) is 29.3 Å². The molecule has 6 heteroatoms. The first-order valence-corrected chi connectivity index (χ1v) is 10.7. The minimum Gasteiger partial charge on any atom is -0.354 e. The van der Waals surface area contributed by atoms with Crippen molar-refractivity contribution in [2.75, 3.05) is 6.54 Å². The summed E-state index contributed by atoms with van der Waals surface area (Å²) in [5, 5.41) is 3.82. The van der Waals surface area contributed by atoms with Crippen molar-refractivity contribution in [1.29, 1.82) is 0 Å². The molecule has 4 nitrogen and oxygen atoms in total. The van der Waals surface area contributed by atoms with Gasteiger partial charge in [-0.2, -0.15) is 0 Å². The number of halogens is 2. The maximum Gasteiger partial charge on any atom is 0.242 e. The minimum absolute atomic E-state index is 0.0435. The molecule has 1 N–H and O–H groups in total. The normalized spacial score (nSPS) is 11.8. The second kappa shape index (κ2) is 11.2. The zero-order valence-corrected chi connectivity index (χ0v) is 18.7. The second-order valence-corrected chi connectivity index (χ2v) is 7.92. The van der Waals surface area contributed by atoms with Crippen molar-refractivity contribution in [2.45, 2.75) is 52.6 Å². The molecule has 2 aromatic rings. The lowest BCUT2D eigenvalue weighted by Crippen LogP contribution is -2.49. The van der Waals surface area contributed by atoms with Gasteiger partial charge in [-0.1, -0.05) is 72.9 Å². The lowest BCUT2D eigenvalue weighted by molar-refractivity contribution is -0.140. The molecule has 0 heterocycles. The van der Waals surface area contributed by atoms with Gasteiger partial charge in [0.15, 0.2) is 0 Å². The highest BCUT2D eigenvalue weighted by Gasteiger charge is 2.29. The van der Waals surface area contributed by atoms with E-state index in [-0.39, 0.29) is 18.2 Å². The van der Waals surface area contributed by atoms with E-state index >= 15 is 0 Å². The Morgan fingerprint density at radius 1 is 1.07 bits per heavy atom. The Kier molecular flexibility index (Phi) is 8.99. The lowest BCUT2D eigenvalue weighted by Gasteiger charge is -2.31. The monoisotopic (exact) mass is 434 g/mol. The fourth-order valence-corrected chi connectivity index (χ4v) is 3.78. The number of nitrogens with one attached hydrogen (secondary N) is 1. The summed E-state index contributed by atoms with van der Waals surface area (Å²) in [7, 11) is 0. The zero-order valence-electron chi connectivity index (χ0n) is 17.2. The molecule has 2 amide bonds. The van der Waals surface area contributed by atoms with E-state index in [0.29, 0.717) is 35.1 Å². The van der Waals surface area contributed by atoms with E-state index in [4.69, 9.17) is 23.2 Å². The Hall–Kier alpha value is -2.04. The van der Waals surface area contributed by atoms with Gasteiger partial charge in [-0.05, 0) is 43.0 Å². The van der Waals surface area contributed by atoms with E-state index in [1.54, 1.807) is 23.1 Å². The predicted octanol–water partition coefficient (Wildman–Crippen LogP) is 5.18. The quantitative estimate of drug-likeness (QED) is 0.590. The van der Waals surface area contributed by atoms with Crippen LogP contribution in [0.25, 0.3) is 0 Å². The lowest BCUT2D eigenvalue weighted by atomic mass is 10.1. The standard InChI is InChI=1S/C23H28Cl2N2O2/c1-4-12-26-23(29)21(5-2)27(15-17-9-6-8-16(3)13-17)22(28)14-18-19(24)10-7-11-20(18)25/h6-11,13,21H,4-5,12,14-15H2,1-3H3,(H,26,29). The number of carbonyl (C=O) groups excluding carboxylic acids is 2. The molecule has 0 saturated carbocycles. The van der Waals surface area contributed by atoms with E-state index in [1.807, 2.05) is 45.0 Å². The van der Waals surface area contributed by atoms with E-state index in [9.17, 15) is 9.59 Å². The molecular formula is C23H28Cl2N2O2. The topological polar surface area (TPSA) is 49.4 Å². The summed E-state index contributed by atoms with van der Waals surface area (Å²) in [4.78, 5) is 27.7. The smallest absolute Gasteiger partial charge is 0.242 e. The summed E-state index contributed by atoms with van der Waals surface area (Å²) in [6, 6.07) is 12.6. The molecule has 156 valence electrons. The first kappa shape index (κ1) is 23.2. The molecule has 0 radical (unpaired) electrons. The highest BCUT2D eigenvalue weighted by Crippen LogP contribution is 2.26. The van der Waals surface area contributed by atoms with Crippen LogP contribution in [0, 0.1) is 6.92 Å². The van der Waals surface area contributed by atoms with Crippen LogP contribution in [-0.2, 0) is 22.6 Å². The first-order valence-electron chi connectivity index (χ1n) is 9.92. The van der Waals surface area contributed by atoms with E-state index < -0.39 is 6.04 Å². The maximum absolute atomic E-state index is 13.3. The molecule has 1 unspecified atom stereocenters. The van der Waals surface area contributed by atoms with Crippen molar-refractivity contribution >= 4 is 35.0 Å². The summed E-state index contributed by atoms with van der Waals surface area (Å²) < 4.78 is 0. The average Bonchev–Trinajstić information content (AvgIpc) is 2.69. The summed E-state index contributed by atoms with van der Waals surface area (Å²) >= 11 is 12.5. The molecule has 2 aromatic carbocycles. The largest absolute Gasteiger partial charge is 0.354 e. The summed E-state index contributed by atoms with van der Waals surface area (Å²) in [5.41, 5.74) is 2.66. The van der Waals surface area contributed by atoms with Crippen molar-refractivity contribution in [3.8, 4) is 0 Å². The minimum atomic E-state index is -0.559. The summed E-state index contributed by atoms with van der Waals surface area (Å²) in [5.74, 6) is -0.319. The Labute approximate surface area is 183 Å². The van der Waals surface area contributed by atoms with Gasteiger partial charge in [0.25, 0.3) is 0 Å². The van der Waals surface area contributed by atoms with Crippen LogP contribution in [0.2, 0.25) is 10.0 Å².